The molecule has 0 aliphatic rings. The molecule has 12 heavy (non-hydrogen) atoms. The molecule has 0 rings (SSSR count). The van der Waals surface area contributed by atoms with Crippen LogP contribution in [0.25, 0.3) is 0 Å². The van der Waals surface area contributed by atoms with E-state index in [1.165, 1.54) is 6.92 Å². The van der Waals surface area contributed by atoms with E-state index in [4.69, 9.17) is 46.4 Å². The van der Waals surface area contributed by atoms with E-state index in [1.807, 2.05) is 0 Å². The first-order valence-electron chi connectivity index (χ1n) is 2.92. The maximum atomic E-state index is 10.9. The highest BCUT2D eigenvalue weighted by Crippen LogP contribution is 2.32. The van der Waals surface area contributed by atoms with Crippen LogP contribution in [0.1, 0.15) is 6.92 Å². The highest BCUT2D eigenvalue weighted by molar-refractivity contribution is 6.70. The predicted octanol–water partition coefficient (Wildman–Crippen LogP) is 2.61. The second kappa shape index (κ2) is 4.56. The van der Waals surface area contributed by atoms with E-state index < -0.39 is 15.2 Å². The first-order valence-corrected chi connectivity index (χ1v) is 4.49. The van der Waals surface area contributed by atoms with Crippen molar-refractivity contribution >= 4 is 52.3 Å². The number of amides is 1. The normalized spacial score (nSPS) is 13.8. The topological polar surface area (TPSA) is 29.1 Å². The molecule has 0 saturated carbocycles. The van der Waals surface area contributed by atoms with Gasteiger partial charge in [0, 0.05) is 5.57 Å². The Bertz CT molecular complexity index is 198. The Morgan fingerprint density at radius 2 is 1.92 bits per heavy atom. The van der Waals surface area contributed by atoms with E-state index in [1.54, 1.807) is 0 Å². The highest BCUT2D eigenvalue weighted by atomic mass is 35.6. The van der Waals surface area contributed by atoms with Crippen molar-refractivity contribution in [3.8, 4) is 0 Å². The van der Waals surface area contributed by atoms with E-state index >= 15 is 0 Å². The Labute approximate surface area is 90.8 Å². The van der Waals surface area contributed by atoms with Crippen LogP contribution in [0.4, 0.5) is 0 Å². The number of carbonyl (C=O) groups is 1. The number of nitrogens with one attached hydrogen (secondary N) is 1. The zero-order valence-corrected chi connectivity index (χ0v) is 9.23. The summed E-state index contributed by atoms with van der Waals surface area (Å²) in [6, 6.07) is 0. The summed E-state index contributed by atoms with van der Waals surface area (Å²) in [5, 5.41) is 2.25. The molecule has 0 saturated heterocycles. The van der Waals surface area contributed by atoms with Gasteiger partial charge >= 0.3 is 0 Å². The molecule has 70 valence electrons. The van der Waals surface area contributed by atoms with Crippen LogP contribution in [0, 0.1) is 0 Å². The molecule has 2 nitrogen and oxygen atoms in total. The quantitative estimate of drug-likeness (QED) is 0.456. The Morgan fingerprint density at radius 1 is 1.50 bits per heavy atom. The third-order valence-corrected chi connectivity index (χ3v) is 2.36. The van der Waals surface area contributed by atoms with E-state index in [9.17, 15) is 4.79 Å². The maximum absolute atomic E-state index is 10.9. The summed E-state index contributed by atoms with van der Waals surface area (Å²) in [5.41, 5.74) is -0.762. The molecule has 0 fully saturated rings. The van der Waals surface area contributed by atoms with Crippen molar-refractivity contribution in [2.45, 2.75) is 16.2 Å². The van der Waals surface area contributed by atoms with Crippen LogP contribution in [-0.2, 0) is 4.79 Å². The largest absolute Gasteiger partial charge is 0.332 e. The molecule has 1 unspecified atom stereocenters. The van der Waals surface area contributed by atoms with Crippen molar-refractivity contribution in [2.24, 2.45) is 0 Å². The lowest BCUT2D eigenvalue weighted by molar-refractivity contribution is -0.117. The summed E-state index contributed by atoms with van der Waals surface area (Å²) >= 11 is 21.7. The monoisotopic (exact) mass is 249 g/mol. The fourth-order valence-electron chi connectivity index (χ4n) is 0.320. The van der Waals surface area contributed by atoms with Gasteiger partial charge in [0.15, 0.2) is 5.50 Å². The lowest BCUT2D eigenvalue weighted by atomic mass is 10.3. The van der Waals surface area contributed by atoms with Gasteiger partial charge in [0.1, 0.15) is 0 Å². The van der Waals surface area contributed by atoms with Gasteiger partial charge in [-0.25, -0.2) is 0 Å². The smallest absolute Gasteiger partial charge is 0.247 e. The van der Waals surface area contributed by atoms with Crippen LogP contribution in [0.5, 0.6) is 0 Å². The minimum Gasteiger partial charge on any atom is -0.332 e. The number of halogens is 4. The van der Waals surface area contributed by atoms with Gasteiger partial charge in [-0.15, -0.1) is 0 Å². The average molecular weight is 251 g/mol. The minimum atomic E-state index is -1.72. The zero-order chi connectivity index (χ0) is 9.94. The molecule has 0 aliphatic carbocycles. The van der Waals surface area contributed by atoms with E-state index in [0.717, 1.165) is 0 Å². The Kier molecular flexibility index (Phi) is 4.70. The number of carbonyl (C=O) groups excluding carboxylic acids is 1. The van der Waals surface area contributed by atoms with Crippen LogP contribution in [0.2, 0.25) is 0 Å². The van der Waals surface area contributed by atoms with Gasteiger partial charge in [-0.05, 0) is 6.92 Å². The van der Waals surface area contributed by atoms with Gasteiger partial charge in [-0.3, -0.25) is 4.79 Å². The molecule has 6 heteroatoms. The van der Waals surface area contributed by atoms with Crippen molar-refractivity contribution in [3.05, 3.63) is 12.2 Å². The third kappa shape index (κ3) is 4.41. The SMILES string of the molecule is C=C(C)C(=O)NC(Cl)C(Cl)(Cl)Cl. The molecule has 0 spiro atoms. The Morgan fingerprint density at radius 3 is 2.17 bits per heavy atom. The van der Waals surface area contributed by atoms with E-state index in [-0.39, 0.29) is 0 Å². The Balaban J connectivity index is 4.11. The first kappa shape index (κ1) is 12.4. The number of alkyl halides is 4. The van der Waals surface area contributed by atoms with Crippen molar-refractivity contribution in [2.75, 3.05) is 0 Å². The molecule has 0 radical (unpaired) electrons. The molecule has 0 aliphatic heterocycles. The van der Waals surface area contributed by atoms with Crippen molar-refractivity contribution in [3.63, 3.8) is 0 Å². The molecule has 0 aromatic rings. The van der Waals surface area contributed by atoms with Crippen LogP contribution in [0.15, 0.2) is 12.2 Å². The molecular weight excluding hydrogens is 244 g/mol. The summed E-state index contributed by atoms with van der Waals surface area (Å²) in [6.45, 7) is 4.92. The maximum Gasteiger partial charge on any atom is 0.247 e. The first-order chi connectivity index (χ1) is 5.25. The van der Waals surface area contributed by atoms with Gasteiger partial charge < -0.3 is 5.32 Å². The summed E-state index contributed by atoms with van der Waals surface area (Å²) in [7, 11) is 0. The number of hydrogen-bond acceptors (Lipinski definition) is 1. The molecule has 0 heterocycles. The summed E-state index contributed by atoms with van der Waals surface area (Å²) in [4.78, 5) is 10.9. The molecule has 1 atom stereocenters. The van der Waals surface area contributed by atoms with E-state index in [2.05, 4.69) is 11.9 Å². The molecular formula is C6H7Cl4NO. The molecule has 1 N–H and O–H groups in total. The van der Waals surface area contributed by atoms with Gasteiger partial charge in [0.05, 0.1) is 0 Å². The number of rotatable bonds is 2. The van der Waals surface area contributed by atoms with Gasteiger partial charge in [-0.2, -0.15) is 0 Å². The highest BCUT2D eigenvalue weighted by Gasteiger charge is 2.31. The molecule has 0 aromatic heterocycles. The number of hydrogen-bond donors (Lipinski definition) is 1. The minimum absolute atomic E-state index is 0.301. The van der Waals surface area contributed by atoms with Gasteiger partial charge in [0.2, 0.25) is 9.70 Å². The summed E-state index contributed by atoms with van der Waals surface area (Å²) in [5.74, 6) is -0.443. The van der Waals surface area contributed by atoms with Crippen molar-refractivity contribution in [1.29, 1.82) is 0 Å². The molecule has 0 bridgehead atoms. The van der Waals surface area contributed by atoms with Crippen LogP contribution >= 0.6 is 46.4 Å². The van der Waals surface area contributed by atoms with E-state index in [0.29, 0.717) is 5.57 Å². The molecule has 1 amide bonds. The average Bonchev–Trinajstić information content (AvgIpc) is 1.85. The van der Waals surface area contributed by atoms with Gasteiger partial charge in [-0.1, -0.05) is 53.0 Å². The second-order valence-corrected chi connectivity index (χ2v) is 4.96. The summed E-state index contributed by atoms with van der Waals surface area (Å²) < 4.78 is -1.72. The molecule has 0 aromatic carbocycles. The van der Waals surface area contributed by atoms with Crippen molar-refractivity contribution < 1.29 is 4.79 Å². The fraction of sp³-hybridized carbons (Fsp3) is 0.500. The lowest BCUT2D eigenvalue weighted by Gasteiger charge is -2.18. The van der Waals surface area contributed by atoms with Crippen LogP contribution in [0.3, 0.4) is 0 Å². The van der Waals surface area contributed by atoms with Crippen molar-refractivity contribution in [1.82, 2.24) is 5.32 Å². The predicted molar refractivity (Wildman–Crippen MR) is 52.9 cm³/mol. The summed E-state index contributed by atoms with van der Waals surface area (Å²) in [6.07, 6.45) is 0. The Hall–Kier alpha value is 0.370. The zero-order valence-electron chi connectivity index (χ0n) is 6.20. The standard InChI is InChI=1S/C6H7Cl4NO/c1-3(2)4(12)11-5(7)6(8,9)10/h5H,1H2,2H3,(H,11,12). The van der Waals surface area contributed by atoms with Crippen LogP contribution in [-0.4, -0.2) is 15.2 Å². The van der Waals surface area contributed by atoms with Gasteiger partial charge in [0.25, 0.3) is 0 Å². The lowest BCUT2D eigenvalue weighted by Crippen LogP contribution is -2.39. The second-order valence-electron chi connectivity index (χ2n) is 2.16. The third-order valence-electron chi connectivity index (χ3n) is 0.933. The van der Waals surface area contributed by atoms with Crippen LogP contribution < -0.4 is 5.32 Å². The fourth-order valence-corrected chi connectivity index (χ4v) is 0.583.